The lowest BCUT2D eigenvalue weighted by molar-refractivity contribution is -0.188. The van der Waals surface area contributed by atoms with Gasteiger partial charge in [-0.1, -0.05) is 64.7 Å². The highest BCUT2D eigenvalue weighted by Gasteiger charge is 2.45. The summed E-state index contributed by atoms with van der Waals surface area (Å²) in [5, 5.41) is 3.17. The van der Waals surface area contributed by atoms with E-state index in [2.05, 4.69) is 12.2 Å². The summed E-state index contributed by atoms with van der Waals surface area (Å²) in [6.45, 7) is 2.96. The van der Waals surface area contributed by atoms with Crippen LogP contribution in [0.2, 0.25) is 0 Å². The van der Waals surface area contributed by atoms with Gasteiger partial charge in [-0.15, -0.1) is 0 Å². The van der Waals surface area contributed by atoms with Crippen molar-refractivity contribution in [3.63, 3.8) is 0 Å². The maximum atomic E-state index is 12.9. The number of halogens is 3. The smallest absolute Gasteiger partial charge is 0.313 e. The van der Waals surface area contributed by atoms with E-state index >= 15 is 0 Å². The highest BCUT2D eigenvalue weighted by molar-refractivity contribution is 4.85. The molecule has 0 aromatic carbocycles. The summed E-state index contributed by atoms with van der Waals surface area (Å²) < 4.78 is 38.8. The second-order valence-corrected chi connectivity index (χ2v) is 6.47. The van der Waals surface area contributed by atoms with E-state index in [0.29, 0.717) is 12.8 Å². The Kier molecular flexibility index (Phi) is 9.37. The van der Waals surface area contributed by atoms with Gasteiger partial charge in [0.15, 0.2) is 0 Å². The van der Waals surface area contributed by atoms with Crippen LogP contribution in [0, 0.1) is 5.92 Å². The number of unbranched alkanes of at least 4 members (excludes halogenated alkanes) is 7. The van der Waals surface area contributed by atoms with Crippen LogP contribution in [0.1, 0.15) is 84.0 Å². The van der Waals surface area contributed by atoms with Crippen molar-refractivity contribution in [1.82, 2.24) is 5.32 Å². The second kappa shape index (κ2) is 10.5. The Balaban J connectivity index is 2.05. The first-order valence-electron chi connectivity index (χ1n) is 8.85. The Morgan fingerprint density at radius 2 is 1.43 bits per heavy atom. The maximum absolute atomic E-state index is 12.9. The summed E-state index contributed by atoms with van der Waals surface area (Å²) in [6.07, 6.45) is 8.47. The van der Waals surface area contributed by atoms with Crippen molar-refractivity contribution in [2.75, 3.05) is 6.54 Å². The van der Waals surface area contributed by atoms with Gasteiger partial charge in [-0.25, -0.2) is 0 Å². The predicted molar refractivity (Wildman–Crippen MR) is 82.4 cm³/mol. The third-order valence-electron chi connectivity index (χ3n) is 4.62. The van der Waals surface area contributed by atoms with Gasteiger partial charge in [-0.2, -0.15) is 13.2 Å². The third kappa shape index (κ3) is 8.08. The molecule has 0 radical (unpaired) electrons. The summed E-state index contributed by atoms with van der Waals surface area (Å²) in [4.78, 5) is 0. The minimum Gasteiger partial charge on any atom is -0.313 e. The van der Waals surface area contributed by atoms with Crippen LogP contribution in [0.5, 0.6) is 0 Å². The molecule has 2 unspecified atom stereocenters. The molecular formula is C17H32F3N. The molecule has 1 fully saturated rings. The van der Waals surface area contributed by atoms with E-state index in [1.54, 1.807) is 0 Å². The van der Waals surface area contributed by atoms with E-state index < -0.39 is 12.1 Å². The van der Waals surface area contributed by atoms with E-state index in [9.17, 15) is 13.2 Å². The van der Waals surface area contributed by atoms with Gasteiger partial charge in [-0.05, 0) is 25.8 Å². The molecule has 1 aliphatic rings. The molecule has 0 aliphatic heterocycles. The lowest BCUT2D eigenvalue weighted by atomic mass is 9.84. The van der Waals surface area contributed by atoms with E-state index in [4.69, 9.17) is 0 Å². The van der Waals surface area contributed by atoms with Crippen LogP contribution in [-0.2, 0) is 0 Å². The molecule has 0 amide bonds. The topological polar surface area (TPSA) is 12.0 Å². The van der Waals surface area contributed by atoms with Crippen molar-refractivity contribution in [3.8, 4) is 0 Å². The zero-order chi connectivity index (χ0) is 15.6. The average molecular weight is 307 g/mol. The van der Waals surface area contributed by atoms with Crippen molar-refractivity contribution in [3.05, 3.63) is 0 Å². The molecule has 0 bridgehead atoms. The monoisotopic (exact) mass is 307 g/mol. The fourth-order valence-corrected chi connectivity index (χ4v) is 3.31. The van der Waals surface area contributed by atoms with E-state index in [1.807, 2.05) is 0 Å². The zero-order valence-electron chi connectivity index (χ0n) is 13.5. The van der Waals surface area contributed by atoms with Gasteiger partial charge in [-0.3, -0.25) is 0 Å². The van der Waals surface area contributed by atoms with Crippen molar-refractivity contribution in [2.24, 2.45) is 5.92 Å². The Labute approximate surface area is 128 Å². The zero-order valence-corrected chi connectivity index (χ0v) is 13.5. The first kappa shape index (κ1) is 18.8. The van der Waals surface area contributed by atoms with Gasteiger partial charge >= 0.3 is 6.18 Å². The van der Waals surface area contributed by atoms with Crippen molar-refractivity contribution < 1.29 is 13.2 Å². The quantitative estimate of drug-likeness (QED) is 0.500. The molecule has 1 N–H and O–H groups in total. The molecule has 1 rings (SSSR count). The number of hydrogen-bond donors (Lipinski definition) is 1. The normalized spacial score (nSPS) is 23.4. The Morgan fingerprint density at radius 3 is 2.05 bits per heavy atom. The van der Waals surface area contributed by atoms with Crippen molar-refractivity contribution >= 4 is 0 Å². The minimum absolute atomic E-state index is 0.304. The molecule has 1 saturated carbocycles. The Morgan fingerprint density at radius 1 is 0.857 bits per heavy atom. The van der Waals surface area contributed by atoms with E-state index in [-0.39, 0.29) is 6.04 Å². The maximum Gasteiger partial charge on any atom is 0.393 e. The highest BCUT2D eigenvalue weighted by Crippen LogP contribution is 2.37. The molecule has 0 spiro atoms. The molecule has 0 heterocycles. The van der Waals surface area contributed by atoms with Crippen LogP contribution in [0.3, 0.4) is 0 Å². The van der Waals surface area contributed by atoms with E-state index in [0.717, 1.165) is 32.2 Å². The standard InChI is InChI=1S/C17H32F3N/c1-2-3-4-5-6-7-8-11-14-21-16-13-10-9-12-15(16)17(18,19)20/h15-16,21H,2-14H2,1H3. The Bertz CT molecular complexity index is 253. The van der Waals surface area contributed by atoms with Gasteiger partial charge in [0.2, 0.25) is 0 Å². The number of hydrogen-bond acceptors (Lipinski definition) is 1. The van der Waals surface area contributed by atoms with Gasteiger partial charge < -0.3 is 5.32 Å². The van der Waals surface area contributed by atoms with Crippen LogP contribution < -0.4 is 5.32 Å². The molecule has 1 nitrogen and oxygen atoms in total. The van der Waals surface area contributed by atoms with Crippen molar-refractivity contribution in [2.45, 2.75) is 96.2 Å². The highest BCUT2D eigenvalue weighted by atomic mass is 19.4. The lowest BCUT2D eigenvalue weighted by Gasteiger charge is -2.33. The van der Waals surface area contributed by atoms with Crippen LogP contribution in [0.4, 0.5) is 13.2 Å². The number of rotatable bonds is 10. The van der Waals surface area contributed by atoms with Crippen LogP contribution in [0.15, 0.2) is 0 Å². The minimum atomic E-state index is -4.03. The molecule has 0 saturated heterocycles. The summed E-state index contributed by atoms with van der Waals surface area (Å²) in [6, 6.07) is -0.344. The molecule has 21 heavy (non-hydrogen) atoms. The van der Waals surface area contributed by atoms with Gasteiger partial charge in [0, 0.05) is 6.04 Å². The summed E-state index contributed by atoms with van der Waals surface area (Å²) in [5.41, 5.74) is 0. The summed E-state index contributed by atoms with van der Waals surface area (Å²) >= 11 is 0. The molecule has 0 aromatic rings. The Hall–Kier alpha value is -0.250. The predicted octanol–water partition coefficient (Wildman–Crippen LogP) is 5.84. The van der Waals surface area contributed by atoms with Gasteiger partial charge in [0.05, 0.1) is 5.92 Å². The summed E-state index contributed by atoms with van der Waals surface area (Å²) in [7, 11) is 0. The first-order valence-corrected chi connectivity index (χ1v) is 8.85. The van der Waals surface area contributed by atoms with Gasteiger partial charge in [0.1, 0.15) is 0 Å². The number of nitrogens with one attached hydrogen (secondary N) is 1. The SMILES string of the molecule is CCCCCCCCCCNC1CCCCC1C(F)(F)F. The molecule has 4 heteroatoms. The number of alkyl halides is 3. The molecule has 0 aromatic heterocycles. The van der Waals surface area contributed by atoms with Crippen LogP contribution >= 0.6 is 0 Å². The molecule has 2 atom stereocenters. The second-order valence-electron chi connectivity index (χ2n) is 6.47. The van der Waals surface area contributed by atoms with Crippen LogP contribution in [-0.4, -0.2) is 18.8 Å². The van der Waals surface area contributed by atoms with Crippen LogP contribution in [0.25, 0.3) is 0 Å². The molecule has 126 valence electrons. The fraction of sp³-hybridized carbons (Fsp3) is 1.00. The van der Waals surface area contributed by atoms with Gasteiger partial charge in [0.25, 0.3) is 0 Å². The van der Waals surface area contributed by atoms with E-state index in [1.165, 1.54) is 38.5 Å². The fourth-order valence-electron chi connectivity index (χ4n) is 3.31. The third-order valence-corrected chi connectivity index (χ3v) is 4.62. The van der Waals surface area contributed by atoms with Crippen molar-refractivity contribution in [1.29, 1.82) is 0 Å². The largest absolute Gasteiger partial charge is 0.393 e. The average Bonchev–Trinajstić information content (AvgIpc) is 2.45. The molecular weight excluding hydrogens is 275 g/mol. The first-order chi connectivity index (χ1) is 10.1. The molecule has 1 aliphatic carbocycles. The summed E-state index contributed by atoms with van der Waals surface area (Å²) in [5.74, 6) is -1.12. The lowest BCUT2D eigenvalue weighted by Crippen LogP contribution is -2.45.